The number of hydrogen-bond acceptors (Lipinski definition) is 2. The summed E-state index contributed by atoms with van der Waals surface area (Å²) < 4.78 is 0. The van der Waals surface area contributed by atoms with Gasteiger partial charge in [-0.3, -0.25) is 5.41 Å². The Bertz CT molecular complexity index is 87.8. The quantitative estimate of drug-likeness (QED) is 0.388. The predicted molar refractivity (Wildman–Crippen MR) is 51.4 cm³/mol. The van der Waals surface area contributed by atoms with Gasteiger partial charge < -0.3 is 5.73 Å². The van der Waals surface area contributed by atoms with Gasteiger partial charge in [-0.1, -0.05) is 6.92 Å². The van der Waals surface area contributed by atoms with Crippen molar-refractivity contribution in [1.29, 1.82) is 5.41 Å². The van der Waals surface area contributed by atoms with Gasteiger partial charge in [-0.2, -0.15) is 11.8 Å². The number of nitrogens with one attached hydrogen (secondary N) is 1. The Hall–Kier alpha value is 0.110. The van der Waals surface area contributed by atoms with Crippen LogP contribution in [0.1, 0.15) is 19.8 Å². The fourth-order valence-corrected chi connectivity index (χ4v) is 1.15. The summed E-state index contributed by atoms with van der Waals surface area (Å²) >= 11 is 1.90. The Morgan fingerprint density at radius 3 is 2.60 bits per heavy atom. The molecule has 0 aliphatic heterocycles. The fraction of sp³-hybridized carbons (Fsp3) is 0.833. The first-order chi connectivity index (χ1) is 4.27. The highest BCUT2D eigenvalue weighted by Crippen LogP contribution is 2.02. The minimum Gasteiger partial charge on any atom is -0.388 e. The molecule has 0 heterocycles. The monoisotopic (exact) mass is 182 g/mol. The second-order valence-corrected chi connectivity index (χ2v) is 3.22. The van der Waals surface area contributed by atoms with Crippen LogP contribution < -0.4 is 5.73 Å². The average molecular weight is 183 g/mol. The second kappa shape index (κ2) is 9.11. The first-order valence-electron chi connectivity index (χ1n) is 3.18. The molecule has 0 aromatic rings. The lowest BCUT2D eigenvalue weighted by Crippen LogP contribution is -2.08. The molecule has 4 heteroatoms. The van der Waals surface area contributed by atoms with Crippen LogP contribution in [-0.2, 0) is 0 Å². The second-order valence-electron chi connectivity index (χ2n) is 1.83. The molecule has 0 aliphatic carbocycles. The summed E-state index contributed by atoms with van der Waals surface area (Å²) in [5, 5.41) is 6.90. The van der Waals surface area contributed by atoms with Crippen LogP contribution in [0.15, 0.2) is 0 Å². The van der Waals surface area contributed by atoms with Gasteiger partial charge in [0.1, 0.15) is 0 Å². The Morgan fingerprint density at radius 2 is 2.20 bits per heavy atom. The Morgan fingerprint density at radius 1 is 1.60 bits per heavy atom. The number of rotatable bonds is 5. The molecule has 10 heavy (non-hydrogen) atoms. The molecule has 0 radical (unpaired) electrons. The van der Waals surface area contributed by atoms with Gasteiger partial charge >= 0.3 is 0 Å². The molecule has 0 rings (SSSR count). The van der Waals surface area contributed by atoms with Crippen molar-refractivity contribution in [2.45, 2.75) is 19.8 Å². The number of thioether (sulfide) groups is 1. The van der Waals surface area contributed by atoms with Crippen molar-refractivity contribution in [3.8, 4) is 0 Å². The summed E-state index contributed by atoms with van der Waals surface area (Å²) in [4.78, 5) is 0. The summed E-state index contributed by atoms with van der Waals surface area (Å²) in [6.07, 6.45) is 1.81. The van der Waals surface area contributed by atoms with Crippen molar-refractivity contribution in [2.24, 2.45) is 5.73 Å². The molecule has 0 amide bonds. The van der Waals surface area contributed by atoms with E-state index in [4.69, 9.17) is 11.1 Å². The van der Waals surface area contributed by atoms with Crippen LogP contribution in [0.4, 0.5) is 0 Å². The SMILES string of the molecule is CCSCCCC(=N)N.Cl. The van der Waals surface area contributed by atoms with Crippen LogP contribution in [0.3, 0.4) is 0 Å². The summed E-state index contributed by atoms with van der Waals surface area (Å²) in [5.41, 5.74) is 5.15. The van der Waals surface area contributed by atoms with E-state index < -0.39 is 0 Å². The highest BCUT2D eigenvalue weighted by Gasteiger charge is 1.88. The maximum absolute atomic E-state index is 6.90. The third-order valence-corrected chi connectivity index (χ3v) is 1.92. The lowest BCUT2D eigenvalue weighted by molar-refractivity contribution is 0.989. The van der Waals surface area contributed by atoms with E-state index in [0.29, 0.717) is 5.84 Å². The smallest absolute Gasteiger partial charge is 0.0905 e. The summed E-state index contributed by atoms with van der Waals surface area (Å²) in [6, 6.07) is 0. The minimum atomic E-state index is 0. The van der Waals surface area contributed by atoms with Gasteiger partial charge in [0.25, 0.3) is 0 Å². The van der Waals surface area contributed by atoms with E-state index in [9.17, 15) is 0 Å². The van der Waals surface area contributed by atoms with Crippen molar-refractivity contribution in [2.75, 3.05) is 11.5 Å². The van der Waals surface area contributed by atoms with Gasteiger partial charge in [0.2, 0.25) is 0 Å². The molecule has 0 saturated carbocycles. The summed E-state index contributed by atoms with van der Waals surface area (Å²) in [6.45, 7) is 2.14. The molecule has 0 atom stereocenters. The van der Waals surface area contributed by atoms with E-state index in [1.165, 1.54) is 0 Å². The third kappa shape index (κ3) is 11.0. The molecular weight excluding hydrogens is 168 g/mol. The molecule has 0 saturated heterocycles. The van der Waals surface area contributed by atoms with Crippen molar-refractivity contribution < 1.29 is 0 Å². The van der Waals surface area contributed by atoms with Gasteiger partial charge in [-0.05, 0) is 17.9 Å². The summed E-state index contributed by atoms with van der Waals surface area (Å²) in [7, 11) is 0. The standard InChI is InChI=1S/C6H14N2S.ClH/c1-2-9-5-3-4-6(7)8;/h2-5H2,1H3,(H3,7,8);1H. The number of nitrogens with two attached hydrogens (primary N) is 1. The molecule has 3 N–H and O–H groups in total. The van der Waals surface area contributed by atoms with E-state index in [-0.39, 0.29) is 12.4 Å². The predicted octanol–water partition coefficient (Wildman–Crippen LogP) is 1.88. The van der Waals surface area contributed by atoms with E-state index in [2.05, 4.69) is 6.92 Å². The third-order valence-electron chi connectivity index (χ3n) is 0.939. The first kappa shape index (κ1) is 12.8. The number of hydrogen-bond donors (Lipinski definition) is 2. The largest absolute Gasteiger partial charge is 0.388 e. The molecule has 0 unspecified atom stereocenters. The van der Waals surface area contributed by atoms with E-state index >= 15 is 0 Å². The Kier molecular flexibility index (Phi) is 11.6. The van der Waals surface area contributed by atoms with Gasteiger partial charge in [-0.15, -0.1) is 12.4 Å². The zero-order valence-corrected chi connectivity index (χ0v) is 7.86. The lowest BCUT2D eigenvalue weighted by atomic mass is 10.3. The van der Waals surface area contributed by atoms with Crippen molar-refractivity contribution in [1.82, 2.24) is 0 Å². The van der Waals surface area contributed by atoms with Crippen molar-refractivity contribution in [3.05, 3.63) is 0 Å². The Balaban J connectivity index is 0. The molecule has 0 bridgehead atoms. The van der Waals surface area contributed by atoms with Crippen LogP contribution in [0.25, 0.3) is 0 Å². The minimum absolute atomic E-state index is 0. The van der Waals surface area contributed by atoms with E-state index in [1.54, 1.807) is 0 Å². The van der Waals surface area contributed by atoms with Crippen molar-refractivity contribution >= 4 is 30.0 Å². The lowest BCUT2D eigenvalue weighted by Gasteiger charge is -1.95. The van der Waals surface area contributed by atoms with E-state index in [1.807, 2.05) is 11.8 Å². The maximum atomic E-state index is 6.90. The first-order valence-corrected chi connectivity index (χ1v) is 4.33. The van der Waals surface area contributed by atoms with Crippen LogP contribution in [-0.4, -0.2) is 17.3 Å². The normalized spacial score (nSPS) is 8.50. The molecule has 62 valence electrons. The zero-order valence-electron chi connectivity index (χ0n) is 6.22. The van der Waals surface area contributed by atoms with Gasteiger partial charge in [-0.25, -0.2) is 0 Å². The Labute approximate surface area is 72.9 Å². The molecular formula is C6H15ClN2S. The molecule has 0 spiro atoms. The van der Waals surface area contributed by atoms with Gasteiger partial charge in [0.05, 0.1) is 5.84 Å². The van der Waals surface area contributed by atoms with Gasteiger partial charge in [0.15, 0.2) is 0 Å². The van der Waals surface area contributed by atoms with Crippen LogP contribution in [0.2, 0.25) is 0 Å². The van der Waals surface area contributed by atoms with Crippen LogP contribution >= 0.6 is 24.2 Å². The van der Waals surface area contributed by atoms with Crippen LogP contribution in [0.5, 0.6) is 0 Å². The maximum Gasteiger partial charge on any atom is 0.0905 e. The summed E-state index contributed by atoms with van der Waals surface area (Å²) in [5.74, 6) is 2.61. The number of halogens is 1. The highest BCUT2D eigenvalue weighted by molar-refractivity contribution is 7.99. The van der Waals surface area contributed by atoms with Crippen LogP contribution in [0, 0.1) is 5.41 Å². The fourth-order valence-electron chi connectivity index (χ4n) is 0.509. The average Bonchev–Trinajstić information content (AvgIpc) is 1.80. The van der Waals surface area contributed by atoms with E-state index in [0.717, 1.165) is 24.3 Å². The molecule has 0 aromatic heterocycles. The number of amidine groups is 1. The molecule has 2 nitrogen and oxygen atoms in total. The van der Waals surface area contributed by atoms with Gasteiger partial charge in [0, 0.05) is 6.42 Å². The molecule has 0 fully saturated rings. The molecule has 0 aromatic carbocycles. The highest BCUT2D eigenvalue weighted by atomic mass is 35.5. The zero-order chi connectivity index (χ0) is 7.11. The topological polar surface area (TPSA) is 49.9 Å². The van der Waals surface area contributed by atoms with Crippen molar-refractivity contribution in [3.63, 3.8) is 0 Å². The molecule has 0 aliphatic rings.